The molecule has 1 saturated heterocycles. The van der Waals surface area contributed by atoms with Crippen LogP contribution in [-0.2, 0) is 11.2 Å². The lowest BCUT2D eigenvalue weighted by atomic mass is 9.98. The number of piperidine rings is 1. The summed E-state index contributed by atoms with van der Waals surface area (Å²) in [7, 11) is 0. The van der Waals surface area contributed by atoms with Crippen molar-refractivity contribution in [2.24, 2.45) is 5.92 Å². The molecule has 1 amide bonds. The maximum atomic E-state index is 12.0. The van der Waals surface area contributed by atoms with Gasteiger partial charge in [-0.2, -0.15) is 0 Å². The van der Waals surface area contributed by atoms with Gasteiger partial charge in [0.15, 0.2) is 0 Å². The van der Waals surface area contributed by atoms with Gasteiger partial charge in [-0.05, 0) is 56.8 Å². The summed E-state index contributed by atoms with van der Waals surface area (Å²) >= 11 is 0. The molecule has 1 aliphatic heterocycles. The van der Waals surface area contributed by atoms with Crippen molar-refractivity contribution in [2.75, 3.05) is 19.6 Å². The first kappa shape index (κ1) is 14.1. The van der Waals surface area contributed by atoms with E-state index in [9.17, 15) is 4.79 Å². The van der Waals surface area contributed by atoms with Crippen molar-refractivity contribution < 1.29 is 4.79 Å². The minimum Gasteiger partial charge on any atom is -0.356 e. The molecule has 1 aliphatic rings. The largest absolute Gasteiger partial charge is 0.356 e. The molecule has 2 N–H and O–H groups in total. The molecule has 0 bridgehead atoms. The number of carbonyl (C=O) groups excluding carboxylic acids is 1. The van der Waals surface area contributed by atoms with Crippen molar-refractivity contribution in [3.8, 4) is 0 Å². The van der Waals surface area contributed by atoms with Gasteiger partial charge in [-0.25, -0.2) is 0 Å². The minimum absolute atomic E-state index is 0.146. The van der Waals surface area contributed by atoms with E-state index in [0.717, 1.165) is 25.2 Å². The van der Waals surface area contributed by atoms with Gasteiger partial charge in [-0.3, -0.25) is 4.79 Å². The molecule has 2 rings (SSSR count). The first-order valence-electron chi connectivity index (χ1n) is 7.18. The fraction of sp³-hybridized carbons (Fsp3) is 0.562. The van der Waals surface area contributed by atoms with Crippen molar-refractivity contribution in [3.63, 3.8) is 0 Å². The van der Waals surface area contributed by atoms with Crippen molar-refractivity contribution in [3.05, 3.63) is 34.9 Å². The Morgan fingerprint density at radius 1 is 1.32 bits per heavy atom. The Bertz CT molecular complexity index is 436. The van der Waals surface area contributed by atoms with Crippen molar-refractivity contribution in [2.45, 2.75) is 33.1 Å². The molecule has 1 aromatic carbocycles. The summed E-state index contributed by atoms with van der Waals surface area (Å²) in [5, 5.41) is 6.42. The van der Waals surface area contributed by atoms with Gasteiger partial charge in [0.25, 0.3) is 0 Å². The quantitative estimate of drug-likeness (QED) is 0.869. The van der Waals surface area contributed by atoms with Crippen LogP contribution in [0, 0.1) is 19.8 Å². The summed E-state index contributed by atoms with van der Waals surface area (Å²) in [4.78, 5) is 12.0. The number of carbonyl (C=O) groups is 1. The number of amides is 1. The highest BCUT2D eigenvalue weighted by atomic mass is 16.1. The van der Waals surface area contributed by atoms with E-state index in [0.29, 0.717) is 12.3 Å². The monoisotopic (exact) mass is 260 g/mol. The Labute approximate surface area is 115 Å². The normalized spacial score (nSPS) is 16.3. The maximum absolute atomic E-state index is 12.0. The molecule has 19 heavy (non-hydrogen) atoms. The van der Waals surface area contributed by atoms with Crippen molar-refractivity contribution in [1.82, 2.24) is 10.6 Å². The summed E-state index contributed by atoms with van der Waals surface area (Å²) < 4.78 is 0. The lowest BCUT2D eigenvalue weighted by Gasteiger charge is -2.22. The number of benzene rings is 1. The van der Waals surface area contributed by atoms with Crippen LogP contribution in [0.3, 0.4) is 0 Å². The van der Waals surface area contributed by atoms with Gasteiger partial charge >= 0.3 is 0 Å². The van der Waals surface area contributed by atoms with E-state index in [1.54, 1.807) is 0 Å². The number of hydrogen-bond acceptors (Lipinski definition) is 2. The van der Waals surface area contributed by atoms with E-state index in [4.69, 9.17) is 0 Å². The van der Waals surface area contributed by atoms with Gasteiger partial charge in [0.2, 0.25) is 5.91 Å². The van der Waals surface area contributed by atoms with Gasteiger partial charge in [-0.1, -0.05) is 23.8 Å². The highest BCUT2D eigenvalue weighted by Gasteiger charge is 2.14. The molecule has 1 heterocycles. The predicted octanol–water partition coefficient (Wildman–Crippen LogP) is 1.96. The summed E-state index contributed by atoms with van der Waals surface area (Å²) in [5.41, 5.74) is 3.55. The standard InChI is InChI=1S/C16H24N2O/c1-12-3-4-13(2)15(9-12)10-16(19)18-11-14-5-7-17-8-6-14/h3-4,9,14,17H,5-8,10-11H2,1-2H3,(H,18,19). The minimum atomic E-state index is 0.146. The van der Waals surface area contributed by atoms with Crippen LogP contribution in [-0.4, -0.2) is 25.5 Å². The third-order valence-electron chi connectivity index (χ3n) is 3.90. The Kier molecular flexibility index (Phi) is 4.97. The Morgan fingerprint density at radius 2 is 2.05 bits per heavy atom. The number of hydrogen-bond donors (Lipinski definition) is 2. The summed E-state index contributed by atoms with van der Waals surface area (Å²) in [5.74, 6) is 0.788. The fourth-order valence-corrected chi connectivity index (χ4v) is 2.57. The number of aryl methyl sites for hydroxylation is 2. The maximum Gasteiger partial charge on any atom is 0.224 e. The fourth-order valence-electron chi connectivity index (χ4n) is 2.57. The Balaban J connectivity index is 1.81. The van der Waals surface area contributed by atoms with Gasteiger partial charge < -0.3 is 10.6 Å². The smallest absolute Gasteiger partial charge is 0.224 e. The van der Waals surface area contributed by atoms with Crippen molar-refractivity contribution in [1.29, 1.82) is 0 Å². The molecule has 1 fully saturated rings. The molecule has 1 aromatic rings. The van der Waals surface area contributed by atoms with Gasteiger partial charge in [0.05, 0.1) is 6.42 Å². The Morgan fingerprint density at radius 3 is 2.79 bits per heavy atom. The van der Waals surface area contributed by atoms with Crippen LogP contribution in [0.4, 0.5) is 0 Å². The lowest BCUT2D eigenvalue weighted by Crippen LogP contribution is -2.36. The van der Waals surface area contributed by atoms with E-state index in [2.05, 4.69) is 42.7 Å². The molecule has 0 saturated carbocycles. The highest BCUT2D eigenvalue weighted by Crippen LogP contribution is 2.12. The zero-order valence-corrected chi connectivity index (χ0v) is 12.0. The highest BCUT2D eigenvalue weighted by molar-refractivity contribution is 5.79. The molecule has 0 atom stereocenters. The molecule has 3 heteroatoms. The summed E-state index contributed by atoms with van der Waals surface area (Å²) in [6, 6.07) is 6.29. The second-order valence-electron chi connectivity index (χ2n) is 5.60. The average molecular weight is 260 g/mol. The molecule has 0 aliphatic carbocycles. The van der Waals surface area contributed by atoms with Crippen LogP contribution >= 0.6 is 0 Å². The zero-order valence-electron chi connectivity index (χ0n) is 12.0. The van der Waals surface area contributed by atoms with Crippen LogP contribution in [0.2, 0.25) is 0 Å². The van der Waals surface area contributed by atoms with Crippen molar-refractivity contribution >= 4 is 5.91 Å². The van der Waals surface area contributed by atoms with Gasteiger partial charge in [-0.15, -0.1) is 0 Å². The summed E-state index contributed by atoms with van der Waals surface area (Å²) in [6.45, 7) is 7.12. The third-order valence-corrected chi connectivity index (χ3v) is 3.90. The SMILES string of the molecule is Cc1ccc(C)c(CC(=O)NCC2CCNCC2)c1. The predicted molar refractivity (Wildman–Crippen MR) is 78.2 cm³/mol. The second kappa shape index (κ2) is 6.71. The van der Waals surface area contributed by atoms with Gasteiger partial charge in [0, 0.05) is 6.54 Å². The third kappa shape index (κ3) is 4.35. The van der Waals surface area contributed by atoms with Crippen LogP contribution in [0.15, 0.2) is 18.2 Å². The molecule has 104 valence electrons. The first-order chi connectivity index (χ1) is 9.15. The molecular formula is C16H24N2O. The molecule has 3 nitrogen and oxygen atoms in total. The van der Waals surface area contributed by atoms with Crippen LogP contribution in [0.1, 0.15) is 29.5 Å². The molecule has 0 radical (unpaired) electrons. The first-order valence-corrected chi connectivity index (χ1v) is 7.18. The van der Waals surface area contributed by atoms with Gasteiger partial charge in [0.1, 0.15) is 0 Å². The number of nitrogens with one attached hydrogen (secondary N) is 2. The van der Waals surface area contributed by atoms with E-state index in [-0.39, 0.29) is 5.91 Å². The zero-order chi connectivity index (χ0) is 13.7. The second-order valence-corrected chi connectivity index (χ2v) is 5.60. The van der Waals surface area contributed by atoms with E-state index >= 15 is 0 Å². The lowest BCUT2D eigenvalue weighted by molar-refractivity contribution is -0.120. The average Bonchev–Trinajstić information content (AvgIpc) is 2.42. The van der Waals surface area contributed by atoms with Crippen LogP contribution < -0.4 is 10.6 Å². The molecule has 0 unspecified atom stereocenters. The van der Waals surface area contributed by atoms with E-state index < -0.39 is 0 Å². The topological polar surface area (TPSA) is 41.1 Å². The Hall–Kier alpha value is -1.35. The number of rotatable bonds is 4. The molecule has 0 aromatic heterocycles. The molecule has 0 spiro atoms. The molecular weight excluding hydrogens is 236 g/mol. The summed E-state index contributed by atoms with van der Waals surface area (Å²) in [6.07, 6.45) is 2.84. The van der Waals surface area contributed by atoms with Crippen LogP contribution in [0.5, 0.6) is 0 Å². The van der Waals surface area contributed by atoms with E-state index in [1.807, 2.05) is 0 Å². The van der Waals surface area contributed by atoms with E-state index in [1.165, 1.54) is 24.0 Å². The van der Waals surface area contributed by atoms with Crippen LogP contribution in [0.25, 0.3) is 0 Å².